The molecule has 0 fully saturated rings. The number of imidazole rings is 2. The van der Waals surface area contributed by atoms with Crippen molar-refractivity contribution in [2.45, 2.75) is 13.5 Å². The molecule has 3 aromatic heterocycles. The van der Waals surface area contributed by atoms with Crippen LogP contribution < -0.4 is 16.0 Å². The fourth-order valence-corrected chi connectivity index (χ4v) is 4.30. The van der Waals surface area contributed by atoms with Crippen LogP contribution in [0.3, 0.4) is 0 Å². The second-order valence-electron chi connectivity index (χ2n) is 8.14. The molecule has 0 aliphatic carbocycles. The van der Waals surface area contributed by atoms with Gasteiger partial charge in [0, 0.05) is 25.9 Å². The molecule has 0 N–H and O–H groups in total. The summed E-state index contributed by atoms with van der Waals surface area (Å²) in [5.74, 6) is 1.17. The molecule has 5 aromatic rings. The monoisotopic (exact) mass is 459 g/mol. The zero-order valence-corrected chi connectivity index (χ0v) is 19.5. The van der Waals surface area contributed by atoms with Crippen LogP contribution >= 0.6 is 0 Å². The first kappa shape index (κ1) is 21.7. The molecular formula is C25H25N5O4. The topological polar surface area (TPSA) is 84.7 Å². The maximum atomic E-state index is 13.5. The van der Waals surface area contributed by atoms with Gasteiger partial charge in [-0.3, -0.25) is 22.9 Å². The number of hydrogen-bond donors (Lipinski definition) is 0. The van der Waals surface area contributed by atoms with Crippen LogP contribution in [-0.2, 0) is 18.3 Å². The molecule has 0 amide bonds. The lowest BCUT2D eigenvalue weighted by Gasteiger charge is -2.14. The Bertz CT molecular complexity index is 1640. The van der Waals surface area contributed by atoms with Crippen LogP contribution in [0.2, 0.25) is 0 Å². The van der Waals surface area contributed by atoms with Crippen molar-refractivity contribution in [1.29, 1.82) is 0 Å². The second-order valence-corrected chi connectivity index (χ2v) is 8.14. The van der Waals surface area contributed by atoms with Gasteiger partial charge in [0.15, 0.2) is 11.2 Å². The van der Waals surface area contributed by atoms with Crippen molar-refractivity contribution in [2.75, 3.05) is 20.8 Å². The van der Waals surface area contributed by atoms with Crippen molar-refractivity contribution in [2.24, 2.45) is 7.05 Å². The van der Waals surface area contributed by atoms with Crippen LogP contribution in [0.1, 0.15) is 5.56 Å². The van der Waals surface area contributed by atoms with Gasteiger partial charge < -0.3 is 9.47 Å². The highest BCUT2D eigenvalue weighted by Crippen LogP contribution is 2.33. The Balaban J connectivity index is 1.94. The van der Waals surface area contributed by atoms with Gasteiger partial charge in [-0.25, -0.2) is 4.79 Å². The lowest BCUT2D eigenvalue weighted by molar-refractivity contribution is 0.184. The summed E-state index contributed by atoms with van der Waals surface area (Å²) in [5, 5.41) is 0. The van der Waals surface area contributed by atoms with E-state index in [1.807, 2.05) is 66.2 Å². The molecule has 0 spiro atoms. The van der Waals surface area contributed by atoms with Crippen LogP contribution in [0.5, 0.6) is 5.75 Å². The summed E-state index contributed by atoms with van der Waals surface area (Å²) in [6, 6.07) is 15.8. The van der Waals surface area contributed by atoms with Crippen LogP contribution in [0, 0.1) is 6.92 Å². The maximum absolute atomic E-state index is 13.5. The predicted molar refractivity (Wildman–Crippen MR) is 130 cm³/mol. The average molecular weight is 460 g/mol. The van der Waals surface area contributed by atoms with Gasteiger partial charge in [-0.2, -0.15) is 4.98 Å². The highest BCUT2D eigenvalue weighted by Gasteiger charge is 2.23. The fourth-order valence-electron chi connectivity index (χ4n) is 4.30. The van der Waals surface area contributed by atoms with Crippen LogP contribution in [0.15, 0.2) is 64.3 Å². The second kappa shape index (κ2) is 8.35. The molecule has 34 heavy (non-hydrogen) atoms. The zero-order chi connectivity index (χ0) is 24.0. The van der Waals surface area contributed by atoms with E-state index in [4.69, 9.17) is 14.5 Å². The van der Waals surface area contributed by atoms with Crippen molar-refractivity contribution >= 4 is 16.9 Å². The van der Waals surface area contributed by atoms with Crippen molar-refractivity contribution < 1.29 is 9.47 Å². The first-order valence-electron chi connectivity index (χ1n) is 10.9. The van der Waals surface area contributed by atoms with E-state index in [1.54, 1.807) is 18.6 Å². The molecule has 0 bridgehead atoms. The van der Waals surface area contributed by atoms with Gasteiger partial charge >= 0.3 is 5.69 Å². The first-order valence-corrected chi connectivity index (χ1v) is 10.9. The Morgan fingerprint density at radius 1 is 1.03 bits per heavy atom. The van der Waals surface area contributed by atoms with Crippen LogP contribution in [0.4, 0.5) is 0 Å². The fraction of sp³-hybridized carbons (Fsp3) is 0.240. The van der Waals surface area contributed by atoms with Crippen molar-refractivity contribution in [3.8, 4) is 22.7 Å². The standard InChI is InChI=1S/C25H25N5O4/c1-16-10-11-20(34-4)18(14-16)30-19(17-8-6-5-7-9-17)15-29-21-22(26-24(29)30)27(2)25(32)28(23(21)31)12-13-33-3/h5-11,14-15H,12-13H2,1-4H3. The lowest BCUT2D eigenvalue weighted by Crippen LogP contribution is -2.40. The van der Waals surface area contributed by atoms with Crippen LogP contribution in [0.25, 0.3) is 33.9 Å². The quantitative estimate of drug-likeness (QED) is 0.390. The maximum Gasteiger partial charge on any atom is 0.332 e. The Morgan fingerprint density at radius 3 is 2.50 bits per heavy atom. The van der Waals surface area contributed by atoms with Gasteiger partial charge in [-0.15, -0.1) is 0 Å². The minimum absolute atomic E-state index is 0.156. The summed E-state index contributed by atoms with van der Waals surface area (Å²) in [4.78, 5) is 31.1. The van der Waals surface area contributed by atoms with Crippen molar-refractivity contribution in [1.82, 2.24) is 23.1 Å². The number of aromatic nitrogens is 5. The predicted octanol–water partition coefficient (Wildman–Crippen LogP) is 2.77. The van der Waals surface area contributed by atoms with E-state index in [-0.39, 0.29) is 13.2 Å². The number of fused-ring (bicyclic) bond motifs is 3. The molecular weight excluding hydrogens is 434 g/mol. The summed E-state index contributed by atoms with van der Waals surface area (Å²) >= 11 is 0. The van der Waals surface area contributed by atoms with E-state index < -0.39 is 11.2 Å². The summed E-state index contributed by atoms with van der Waals surface area (Å²) in [7, 11) is 4.78. The first-order chi connectivity index (χ1) is 16.5. The minimum Gasteiger partial charge on any atom is -0.495 e. The van der Waals surface area contributed by atoms with Gasteiger partial charge in [0.2, 0.25) is 5.78 Å². The highest BCUT2D eigenvalue weighted by molar-refractivity contribution is 5.80. The van der Waals surface area contributed by atoms with E-state index in [0.717, 1.165) is 22.5 Å². The number of aryl methyl sites for hydroxylation is 2. The molecule has 2 aromatic carbocycles. The Kier molecular flexibility index (Phi) is 5.33. The van der Waals surface area contributed by atoms with Gasteiger partial charge in [0.1, 0.15) is 5.75 Å². The van der Waals surface area contributed by atoms with Gasteiger partial charge in [0.25, 0.3) is 5.56 Å². The largest absolute Gasteiger partial charge is 0.495 e. The smallest absolute Gasteiger partial charge is 0.332 e. The number of hydrogen-bond acceptors (Lipinski definition) is 5. The molecule has 9 heteroatoms. The third-order valence-corrected chi connectivity index (χ3v) is 6.01. The molecule has 0 aliphatic rings. The number of ether oxygens (including phenoxy) is 2. The van der Waals surface area contributed by atoms with E-state index in [1.165, 1.54) is 16.2 Å². The SMILES string of the molecule is COCCn1c(=O)c2c(nc3n(-c4cc(C)ccc4OC)c(-c4ccccc4)cn23)n(C)c1=O. The number of methoxy groups -OCH3 is 2. The summed E-state index contributed by atoms with van der Waals surface area (Å²) < 4.78 is 17.1. The summed E-state index contributed by atoms with van der Waals surface area (Å²) in [6.45, 7) is 2.41. The summed E-state index contributed by atoms with van der Waals surface area (Å²) in [6.07, 6.45) is 1.88. The molecule has 174 valence electrons. The van der Waals surface area contributed by atoms with Crippen molar-refractivity contribution in [3.63, 3.8) is 0 Å². The van der Waals surface area contributed by atoms with E-state index in [9.17, 15) is 9.59 Å². The Labute approximate surface area is 195 Å². The molecule has 5 rings (SSSR count). The molecule has 0 radical (unpaired) electrons. The third-order valence-electron chi connectivity index (χ3n) is 6.01. The lowest BCUT2D eigenvalue weighted by atomic mass is 10.1. The Morgan fingerprint density at radius 2 is 1.79 bits per heavy atom. The molecule has 0 saturated carbocycles. The minimum atomic E-state index is -0.432. The van der Waals surface area contributed by atoms with E-state index in [0.29, 0.717) is 22.7 Å². The molecule has 9 nitrogen and oxygen atoms in total. The van der Waals surface area contributed by atoms with E-state index >= 15 is 0 Å². The molecule has 0 unspecified atom stereocenters. The van der Waals surface area contributed by atoms with E-state index in [2.05, 4.69) is 0 Å². The molecule has 0 aliphatic heterocycles. The number of rotatable bonds is 6. The number of nitrogens with zero attached hydrogens (tertiary/aromatic N) is 5. The summed E-state index contributed by atoms with van der Waals surface area (Å²) in [5.41, 5.74) is 3.44. The van der Waals surface area contributed by atoms with Crippen LogP contribution in [-0.4, -0.2) is 43.9 Å². The highest BCUT2D eigenvalue weighted by atomic mass is 16.5. The Hall–Kier alpha value is -4.11. The average Bonchev–Trinajstić information content (AvgIpc) is 3.39. The zero-order valence-electron chi connectivity index (χ0n) is 19.5. The number of benzene rings is 2. The molecule has 3 heterocycles. The van der Waals surface area contributed by atoms with Gasteiger partial charge in [0.05, 0.1) is 31.6 Å². The normalized spacial score (nSPS) is 11.5. The third kappa shape index (κ3) is 3.24. The van der Waals surface area contributed by atoms with Gasteiger partial charge in [-0.05, 0) is 24.6 Å². The molecule has 0 atom stereocenters. The van der Waals surface area contributed by atoms with Gasteiger partial charge in [-0.1, -0.05) is 36.4 Å². The molecule has 0 saturated heterocycles. The van der Waals surface area contributed by atoms with Crippen molar-refractivity contribution in [3.05, 3.63) is 81.1 Å².